The lowest BCUT2D eigenvalue weighted by molar-refractivity contribution is 0.102. The van der Waals surface area contributed by atoms with E-state index in [0.717, 1.165) is 0 Å². The van der Waals surface area contributed by atoms with Crippen LogP contribution >= 0.6 is 0 Å². The Morgan fingerprint density at radius 3 is 2.65 bits per heavy atom. The number of hydrogen-bond donors (Lipinski definition) is 2. The van der Waals surface area contributed by atoms with Gasteiger partial charge in [-0.15, -0.1) is 5.10 Å². The van der Waals surface area contributed by atoms with Gasteiger partial charge in [-0.1, -0.05) is 0 Å². The zero-order valence-corrected chi connectivity index (χ0v) is 14.5. The van der Waals surface area contributed by atoms with Crippen LogP contribution in [-0.4, -0.2) is 35.3 Å². The van der Waals surface area contributed by atoms with Gasteiger partial charge in [-0.25, -0.2) is 4.39 Å². The first kappa shape index (κ1) is 17.4. The maximum absolute atomic E-state index is 13.3. The SMILES string of the molecule is COc1ccc(-c2nc(NC(=O)c3ccc(F)c(C)c3)n[nH]2)c(OC)c1. The highest BCUT2D eigenvalue weighted by atomic mass is 19.1. The van der Waals surface area contributed by atoms with Gasteiger partial charge in [0.2, 0.25) is 5.95 Å². The molecule has 0 radical (unpaired) electrons. The molecule has 26 heavy (non-hydrogen) atoms. The second-order valence-electron chi connectivity index (χ2n) is 5.49. The van der Waals surface area contributed by atoms with Crippen molar-refractivity contribution in [2.45, 2.75) is 6.92 Å². The fraction of sp³-hybridized carbons (Fsp3) is 0.167. The number of methoxy groups -OCH3 is 2. The third-order valence-electron chi connectivity index (χ3n) is 3.79. The lowest BCUT2D eigenvalue weighted by atomic mass is 10.1. The van der Waals surface area contributed by atoms with Gasteiger partial charge in [0.15, 0.2) is 5.82 Å². The molecule has 0 spiro atoms. The van der Waals surface area contributed by atoms with Crippen LogP contribution in [0.2, 0.25) is 0 Å². The van der Waals surface area contributed by atoms with E-state index in [4.69, 9.17) is 9.47 Å². The third-order valence-corrected chi connectivity index (χ3v) is 3.79. The second kappa shape index (κ2) is 7.22. The van der Waals surface area contributed by atoms with Crippen molar-refractivity contribution in [1.29, 1.82) is 0 Å². The zero-order valence-electron chi connectivity index (χ0n) is 14.5. The molecule has 3 rings (SSSR count). The molecule has 0 aliphatic heterocycles. The number of H-pyrrole nitrogens is 1. The summed E-state index contributed by atoms with van der Waals surface area (Å²) in [7, 11) is 3.10. The van der Waals surface area contributed by atoms with Crippen molar-refractivity contribution >= 4 is 11.9 Å². The summed E-state index contributed by atoms with van der Waals surface area (Å²) in [4.78, 5) is 16.5. The fourth-order valence-corrected chi connectivity index (χ4v) is 2.39. The molecule has 0 aliphatic rings. The van der Waals surface area contributed by atoms with Crippen molar-refractivity contribution in [3.8, 4) is 22.9 Å². The van der Waals surface area contributed by atoms with E-state index >= 15 is 0 Å². The van der Waals surface area contributed by atoms with Crippen LogP contribution in [-0.2, 0) is 0 Å². The first-order valence-corrected chi connectivity index (χ1v) is 7.74. The number of anilines is 1. The molecular formula is C18H17FN4O3. The van der Waals surface area contributed by atoms with Crippen LogP contribution in [0.1, 0.15) is 15.9 Å². The van der Waals surface area contributed by atoms with E-state index in [1.54, 1.807) is 32.2 Å². The molecule has 1 aromatic heterocycles. The first-order valence-electron chi connectivity index (χ1n) is 7.74. The van der Waals surface area contributed by atoms with Crippen molar-refractivity contribution in [3.63, 3.8) is 0 Å². The van der Waals surface area contributed by atoms with E-state index in [2.05, 4.69) is 20.5 Å². The monoisotopic (exact) mass is 356 g/mol. The lowest BCUT2D eigenvalue weighted by Crippen LogP contribution is -2.13. The number of aromatic amines is 1. The Balaban J connectivity index is 1.82. The van der Waals surface area contributed by atoms with E-state index in [0.29, 0.717) is 34.0 Å². The van der Waals surface area contributed by atoms with Crippen LogP contribution in [0.4, 0.5) is 10.3 Å². The molecule has 2 aromatic carbocycles. The molecule has 1 heterocycles. The molecule has 0 aliphatic carbocycles. The number of amides is 1. The number of hydrogen-bond acceptors (Lipinski definition) is 5. The average molecular weight is 356 g/mol. The van der Waals surface area contributed by atoms with Crippen molar-refractivity contribution in [3.05, 3.63) is 53.3 Å². The Labute approximate surface area is 149 Å². The first-order chi connectivity index (χ1) is 12.5. The molecule has 0 saturated carbocycles. The minimum absolute atomic E-state index is 0.102. The predicted octanol–water partition coefficient (Wildman–Crippen LogP) is 3.19. The highest BCUT2D eigenvalue weighted by molar-refractivity contribution is 6.03. The highest BCUT2D eigenvalue weighted by Crippen LogP contribution is 2.31. The third kappa shape index (κ3) is 3.49. The number of carbonyl (C=O) groups is 1. The number of carbonyl (C=O) groups excluding carboxylic acids is 1. The van der Waals surface area contributed by atoms with Crippen LogP contribution < -0.4 is 14.8 Å². The molecule has 0 atom stereocenters. The smallest absolute Gasteiger partial charge is 0.258 e. The standard InChI is InChI=1S/C18H17FN4O3/c1-10-8-11(4-7-14(10)19)17(24)21-18-20-16(22-23-18)13-6-5-12(25-2)9-15(13)26-3/h4-9H,1-3H3,(H2,20,21,22,23,24). The summed E-state index contributed by atoms with van der Waals surface area (Å²) in [5.41, 5.74) is 1.37. The van der Waals surface area contributed by atoms with Crippen molar-refractivity contribution in [2.75, 3.05) is 19.5 Å². The molecule has 134 valence electrons. The summed E-state index contributed by atoms with van der Waals surface area (Å²) in [6, 6.07) is 9.36. The minimum atomic E-state index is -0.430. The summed E-state index contributed by atoms with van der Waals surface area (Å²) in [6.45, 7) is 1.59. The molecule has 7 nitrogen and oxygen atoms in total. The molecule has 0 fully saturated rings. The topological polar surface area (TPSA) is 89.1 Å². The molecular weight excluding hydrogens is 339 g/mol. The molecule has 3 aromatic rings. The zero-order chi connectivity index (χ0) is 18.7. The van der Waals surface area contributed by atoms with Gasteiger partial charge >= 0.3 is 0 Å². The molecule has 0 saturated heterocycles. The molecule has 1 amide bonds. The lowest BCUT2D eigenvalue weighted by Gasteiger charge is -2.07. The van der Waals surface area contributed by atoms with E-state index in [9.17, 15) is 9.18 Å². The second-order valence-corrected chi connectivity index (χ2v) is 5.49. The van der Waals surface area contributed by atoms with Gasteiger partial charge in [-0.2, -0.15) is 4.98 Å². The Kier molecular flexibility index (Phi) is 4.83. The quantitative estimate of drug-likeness (QED) is 0.733. The maximum atomic E-state index is 13.3. The van der Waals surface area contributed by atoms with Gasteiger partial charge in [0.25, 0.3) is 5.91 Å². The van der Waals surface area contributed by atoms with Crippen LogP contribution in [0, 0.1) is 12.7 Å². The molecule has 0 bridgehead atoms. The number of rotatable bonds is 5. The Bertz CT molecular complexity index is 955. The highest BCUT2D eigenvalue weighted by Gasteiger charge is 2.15. The number of aromatic nitrogens is 3. The van der Waals surface area contributed by atoms with Gasteiger partial charge < -0.3 is 9.47 Å². The van der Waals surface area contributed by atoms with Gasteiger partial charge in [0.1, 0.15) is 17.3 Å². The molecule has 0 unspecified atom stereocenters. The Morgan fingerprint density at radius 2 is 1.96 bits per heavy atom. The van der Waals surface area contributed by atoms with Crippen molar-refractivity contribution in [2.24, 2.45) is 0 Å². The van der Waals surface area contributed by atoms with Gasteiger partial charge in [0, 0.05) is 11.6 Å². The summed E-state index contributed by atoms with van der Waals surface area (Å²) < 4.78 is 23.8. The normalized spacial score (nSPS) is 10.5. The maximum Gasteiger partial charge on any atom is 0.258 e. The number of benzene rings is 2. The van der Waals surface area contributed by atoms with Gasteiger partial charge in [-0.05, 0) is 42.8 Å². The summed E-state index contributed by atoms with van der Waals surface area (Å²) in [5.74, 6) is 0.923. The molecule has 8 heteroatoms. The summed E-state index contributed by atoms with van der Waals surface area (Å²) >= 11 is 0. The van der Waals surface area contributed by atoms with E-state index in [1.165, 1.54) is 25.3 Å². The Morgan fingerprint density at radius 1 is 1.15 bits per heavy atom. The van der Waals surface area contributed by atoms with Gasteiger partial charge in [0.05, 0.1) is 19.8 Å². The summed E-state index contributed by atoms with van der Waals surface area (Å²) in [6.07, 6.45) is 0. The predicted molar refractivity (Wildman–Crippen MR) is 94.0 cm³/mol. The number of halogens is 1. The van der Waals surface area contributed by atoms with Crippen LogP contribution in [0.25, 0.3) is 11.4 Å². The largest absolute Gasteiger partial charge is 0.497 e. The number of aryl methyl sites for hydroxylation is 1. The van der Waals surface area contributed by atoms with Gasteiger partial charge in [-0.3, -0.25) is 15.2 Å². The minimum Gasteiger partial charge on any atom is -0.497 e. The summed E-state index contributed by atoms with van der Waals surface area (Å²) in [5, 5.41) is 9.32. The number of ether oxygens (including phenoxy) is 2. The average Bonchev–Trinajstić information content (AvgIpc) is 3.11. The number of nitrogens with zero attached hydrogens (tertiary/aromatic N) is 2. The molecule has 2 N–H and O–H groups in total. The van der Waals surface area contributed by atoms with E-state index in [-0.39, 0.29) is 11.8 Å². The van der Waals surface area contributed by atoms with Crippen LogP contribution in [0.3, 0.4) is 0 Å². The number of nitrogens with one attached hydrogen (secondary N) is 2. The van der Waals surface area contributed by atoms with E-state index in [1.807, 2.05) is 0 Å². The Hall–Kier alpha value is -3.42. The van der Waals surface area contributed by atoms with E-state index < -0.39 is 5.91 Å². The van der Waals surface area contributed by atoms with Crippen molar-refractivity contribution < 1.29 is 18.7 Å². The van der Waals surface area contributed by atoms with Crippen LogP contribution in [0.15, 0.2) is 36.4 Å². The fourth-order valence-electron chi connectivity index (χ4n) is 2.39. The van der Waals surface area contributed by atoms with Crippen molar-refractivity contribution in [1.82, 2.24) is 15.2 Å². The van der Waals surface area contributed by atoms with Crippen LogP contribution in [0.5, 0.6) is 11.5 Å².